The van der Waals surface area contributed by atoms with E-state index in [1.807, 2.05) is 19.9 Å². The lowest BCUT2D eigenvalue weighted by Crippen LogP contribution is -2.48. The van der Waals surface area contributed by atoms with Crippen LogP contribution in [0.1, 0.15) is 25.5 Å². The monoisotopic (exact) mass is 457 g/mol. The summed E-state index contributed by atoms with van der Waals surface area (Å²) < 4.78 is 21.0. The molecule has 0 unspecified atom stereocenters. The molecule has 3 heterocycles. The first-order valence-corrected chi connectivity index (χ1v) is 11.3. The summed E-state index contributed by atoms with van der Waals surface area (Å²) in [4.78, 5) is 15.6. The van der Waals surface area contributed by atoms with E-state index in [4.69, 9.17) is 16.3 Å². The molecule has 0 radical (unpaired) electrons. The minimum Gasteiger partial charge on any atom is -0.424 e. The third kappa shape index (κ3) is 4.09. The van der Waals surface area contributed by atoms with Crippen molar-refractivity contribution in [2.75, 3.05) is 23.3 Å². The minimum absolute atomic E-state index is 0.00521. The number of ether oxygens (including phenoxy) is 1. The highest BCUT2D eigenvalue weighted by molar-refractivity contribution is 6.30. The van der Waals surface area contributed by atoms with Crippen molar-refractivity contribution in [1.29, 1.82) is 0 Å². The van der Waals surface area contributed by atoms with Gasteiger partial charge in [-0.3, -0.25) is 0 Å². The van der Waals surface area contributed by atoms with E-state index in [9.17, 15) is 4.39 Å². The lowest BCUT2D eigenvalue weighted by Gasteiger charge is -2.38. The quantitative estimate of drug-likeness (QED) is 0.590. The van der Waals surface area contributed by atoms with E-state index in [1.54, 1.807) is 11.0 Å². The largest absolute Gasteiger partial charge is 0.424 e. The molecule has 1 saturated carbocycles. The molecule has 1 aliphatic carbocycles. The number of piperidine rings is 1. The predicted octanol–water partition coefficient (Wildman–Crippen LogP) is 4.31. The Morgan fingerprint density at radius 3 is 2.66 bits per heavy atom. The van der Waals surface area contributed by atoms with Crippen LogP contribution in [0, 0.1) is 24.6 Å². The maximum absolute atomic E-state index is 13.4. The number of hydrogen-bond donors (Lipinski definition) is 1. The minimum atomic E-state index is -0.489. The Bertz CT molecular complexity index is 1110. The SMILES string of the molecule is CCn1nc(NC2[C@@H]3CC[C@@H]2CN(c2cc(C)ncn2)C3)nc1Oc1ccc(F)c(Cl)c1. The number of hydrogen-bond acceptors (Lipinski definition) is 7. The van der Waals surface area contributed by atoms with Gasteiger partial charge in [0.25, 0.3) is 0 Å². The highest BCUT2D eigenvalue weighted by Crippen LogP contribution is 2.40. The number of aryl methyl sites for hydroxylation is 2. The Kier molecular flexibility index (Phi) is 5.58. The highest BCUT2D eigenvalue weighted by Gasteiger charge is 2.43. The van der Waals surface area contributed by atoms with Crippen LogP contribution in [0.25, 0.3) is 0 Å². The molecule has 0 amide bonds. The Hall–Kier alpha value is -2.94. The lowest BCUT2D eigenvalue weighted by atomic mass is 9.92. The van der Waals surface area contributed by atoms with Crippen molar-refractivity contribution in [3.63, 3.8) is 0 Å². The van der Waals surface area contributed by atoms with Gasteiger partial charge in [-0.2, -0.15) is 4.98 Å². The maximum Gasteiger partial charge on any atom is 0.322 e. The zero-order valence-corrected chi connectivity index (χ0v) is 18.8. The summed E-state index contributed by atoms with van der Waals surface area (Å²) >= 11 is 5.87. The second-order valence-electron chi connectivity index (χ2n) is 8.40. The van der Waals surface area contributed by atoms with E-state index in [1.165, 1.54) is 18.2 Å². The van der Waals surface area contributed by atoms with E-state index in [2.05, 4.69) is 30.3 Å². The summed E-state index contributed by atoms with van der Waals surface area (Å²) in [5.74, 6) is 2.43. The molecule has 10 heteroatoms. The first-order chi connectivity index (χ1) is 15.5. The van der Waals surface area contributed by atoms with Gasteiger partial charge in [0.05, 0.1) is 5.02 Å². The molecule has 0 spiro atoms. The fourth-order valence-corrected chi connectivity index (χ4v) is 4.89. The molecule has 2 aliphatic rings. The molecule has 1 N–H and O–H groups in total. The standard InChI is InChI=1S/C22H25ClFN7O/c1-3-31-22(32-16-6-7-18(24)17(23)9-16)28-21(29-31)27-20-14-4-5-15(20)11-30(10-14)19-8-13(2)25-12-26-19/h6-9,12,14-15,20H,3-5,10-11H2,1-2H3,(H,27,29)/t14-,15-/m1/s1. The van der Waals surface area contributed by atoms with Crippen LogP contribution in [0.2, 0.25) is 5.02 Å². The summed E-state index contributed by atoms with van der Waals surface area (Å²) in [5.41, 5.74) is 0.979. The number of nitrogens with one attached hydrogen (secondary N) is 1. The summed E-state index contributed by atoms with van der Waals surface area (Å²) in [6, 6.07) is 6.92. The van der Waals surface area contributed by atoms with Gasteiger partial charge in [-0.25, -0.2) is 19.0 Å². The third-order valence-corrected chi connectivity index (χ3v) is 6.57. The van der Waals surface area contributed by atoms with E-state index in [-0.39, 0.29) is 5.02 Å². The van der Waals surface area contributed by atoms with Gasteiger partial charge < -0.3 is 15.0 Å². The fourth-order valence-electron chi connectivity index (χ4n) is 4.72. The van der Waals surface area contributed by atoms with Gasteiger partial charge in [-0.1, -0.05) is 11.6 Å². The molecule has 3 aromatic rings. The number of benzene rings is 1. The second kappa shape index (κ2) is 8.54. The van der Waals surface area contributed by atoms with Crippen LogP contribution in [0.15, 0.2) is 30.6 Å². The number of anilines is 2. The zero-order chi connectivity index (χ0) is 22.2. The molecule has 5 rings (SSSR count). The molecule has 1 aromatic carbocycles. The number of nitrogens with zero attached hydrogens (tertiary/aromatic N) is 6. The molecule has 8 nitrogen and oxygen atoms in total. The van der Waals surface area contributed by atoms with Gasteiger partial charge in [0.2, 0.25) is 5.95 Å². The van der Waals surface area contributed by atoms with Crippen molar-refractivity contribution in [3.8, 4) is 11.8 Å². The number of rotatable bonds is 6. The molecule has 32 heavy (non-hydrogen) atoms. The fraction of sp³-hybridized carbons (Fsp3) is 0.455. The number of halogens is 2. The van der Waals surface area contributed by atoms with E-state index in [0.717, 1.165) is 37.4 Å². The summed E-state index contributed by atoms with van der Waals surface area (Å²) in [7, 11) is 0. The van der Waals surface area contributed by atoms with Crippen molar-refractivity contribution in [2.45, 2.75) is 39.3 Å². The molecule has 168 valence electrons. The van der Waals surface area contributed by atoms with Gasteiger partial charge in [-0.05, 0) is 50.7 Å². The van der Waals surface area contributed by atoms with Crippen molar-refractivity contribution in [2.24, 2.45) is 11.8 Å². The topological polar surface area (TPSA) is 81.0 Å². The summed E-state index contributed by atoms with van der Waals surface area (Å²) in [6.07, 6.45) is 3.96. The van der Waals surface area contributed by atoms with Crippen LogP contribution in [-0.2, 0) is 6.54 Å². The summed E-state index contributed by atoms with van der Waals surface area (Å²) in [5, 5.41) is 8.14. The smallest absolute Gasteiger partial charge is 0.322 e. The Balaban J connectivity index is 1.30. The van der Waals surface area contributed by atoms with Crippen LogP contribution >= 0.6 is 11.6 Å². The highest BCUT2D eigenvalue weighted by atomic mass is 35.5. The first-order valence-electron chi connectivity index (χ1n) is 10.9. The van der Waals surface area contributed by atoms with Gasteiger partial charge in [0.1, 0.15) is 23.7 Å². The first kappa shape index (κ1) is 20.9. The zero-order valence-electron chi connectivity index (χ0n) is 18.0. The predicted molar refractivity (Wildman–Crippen MR) is 120 cm³/mol. The van der Waals surface area contributed by atoms with Crippen LogP contribution in [0.3, 0.4) is 0 Å². The average molecular weight is 458 g/mol. The van der Waals surface area contributed by atoms with Gasteiger partial charge in [-0.15, -0.1) is 5.10 Å². The normalized spacial score (nSPS) is 22.2. The van der Waals surface area contributed by atoms with Gasteiger partial charge >= 0.3 is 6.01 Å². The van der Waals surface area contributed by atoms with Crippen molar-refractivity contribution in [3.05, 3.63) is 47.1 Å². The summed E-state index contributed by atoms with van der Waals surface area (Å²) in [6.45, 7) is 6.43. The van der Waals surface area contributed by atoms with Crippen molar-refractivity contribution >= 4 is 23.4 Å². The molecular weight excluding hydrogens is 433 g/mol. The molecule has 1 saturated heterocycles. The van der Waals surface area contributed by atoms with Gasteiger partial charge in [0.15, 0.2) is 0 Å². The maximum atomic E-state index is 13.4. The Labute approximate surface area is 190 Å². The second-order valence-corrected chi connectivity index (χ2v) is 8.81. The van der Waals surface area contributed by atoms with Crippen LogP contribution in [0.5, 0.6) is 11.8 Å². The number of fused-ring (bicyclic) bond motifs is 2. The third-order valence-electron chi connectivity index (χ3n) is 6.28. The van der Waals surface area contributed by atoms with E-state index >= 15 is 0 Å². The Morgan fingerprint density at radius 1 is 1.19 bits per heavy atom. The van der Waals surface area contributed by atoms with Crippen molar-refractivity contribution < 1.29 is 9.13 Å². The lowest BCUT2D eigenvalue weighted by molar-refractivity contribution is 0.374. The molecule has 1 aliphatic heterocycles. The molecular formula is C22H25ClFN7O. The average Bonchev–Trinajstić information content (AvgIpc) is 3.25. The number of aromatic nitrogens is 5. The van der Waals surface area contributed by atoms with Gasteiger partial charge in [0, 0.05) is 43.5 Å². The van der Waals surface area contributed by atoms with Crippen molar-refractivity contribution in [1.82, 2.24) is 24.7 Å². The molecule has 2 fully saturated rings. The molecule has 2 atom stereocenters. The van der Waals surface area contributed by atoms with E-state index < -0.39 is 5.82 Å². The molecule has 2 aromatic heterocycles. The van der Waals surface area contributed by atoms with Crippen LogP contribution in [0.4, 0.5) is 16.2 Å². The van der Waals surface area contributed by atoms with Crippen LogP contribution < -0.4 is 15.0 Å². The van der Waals surface area contributed by atoms with E-state index in [0.29, 0.717) is 42.1 Å². The van der Waals surface area contributed by atoms with Crippen LogP contribution in [-0.4, -0.2) is 43.9 Å². The Morgan fingerprint density at radius 2 is 1.97 bits per heavy atom. The molecule has 2 bridgehead atoms.